The summed E-state index contributed by atoms with van der Waals surface area (Å²) in [5.41, 5.74) is 0.521. The quantitative estimate of drug-likeness (QED) is 0.855. The fraction of sp³-hybridized carbons (Fsp3) is 0.533. The lowest BCUT2D eigenvalue weighted by Crippen LogP contribution is -2.34. The number of carbonyl (C=O) groups is 1. The number of ether oxygens (including phenoxy) is 1. The third-order valence-corrected chi connectivity index (χ3v) is 5.34. The molecule has 0 spiro atoms. The summed E-state index contributed by atoms with van der Waals surface area (Å²) in [4.78, 5) is 14.4. The Morgan fingerprint density at radius 2 is 1.95 bits per heavy atom. The molecule has 0 bridgehead atoms. The zero-order valence-corrected chi connectivity index (χ0v) is 13.6. The minimum Gasteiger partial charge on any atom is -0.384 e. The molecule has 2 rings (SSSR count). The van der Waals surface area contributed by atoms with Crippen molar-refractivity contribution in [2.75, 3.05) is 45.6 Å². The van der Waals surface area contributed by atoms with Crippen LogP contribution in [0, 0.1) is 0 Å². The minimum atomic E-state index is -3.36. The van der Waals surface area contributed by atoms with E-state index in [4.69, 9.17) is 4.74 Å². The van der Waals surface area contributed by atoms with Crippen molar-refractivity contribution in [2.24, 2.45) is 0 Å². The van der Waals surface area contributed by atoms with Crippen LogP contribution >= 0.6 is 0 Å². The SMILES string of the molecule is COCCS(=O)(=O)c1ccc(C(=O)N2CCCNCC2)cc1. The highest BCUT2D eigenvalue weighted by molar-refractivity contribution is 7.91. The van der Waals surface area contributed by atoms with Crippen LogP contribution in [0.1, 0.15) is 16.8 Å². The number of nitrogens with one attached hydrogen (secondary N) is 1. The molecule has 1 saturated heterocycles. The van der Waals surface area contributed by atoms with Gasteiger partial charge in [-0.3, -0.25) is 4.79 Å². The second kappa shape index (κ2) is 7.71. The summed E-state index contributed by atoms with van der Waals surface area (Å²) in [6.45, 7) is 3.26. The first-order valence-corrected chi connectivity index (χ1v) is 9.01. The van der Waals surface area contributed by atoms with Gasteiger partial charge in [-0.05, 0) is 37.2 Å². The Hall–Kier alpha value is -1.44. The lowest BCUT2D eigenvalue weighted by Gasteiger charge is -2.20. The van der Waals surface area contributed by atoms with Gasteiger partial charge < -0.3 is 15.0 Å². The maximum Gasteiger partial charge on any atom is 0.253 e. The first kappa shape index (κ1) is 16.9. The van der Waals surface area contributed by atoms with Crippen molar-refractivity contribution in [3.63, 3.8) is 0 Å². The van der Waals surface area contributed by atoms with Gasteiger partial charge >= 0.3 is 0 Å². The molecular formula is C15H22N2O4S. The molecule has 7 heteroatoms. The average molecular weight is 326 g/mol. The molecule has 0 radical (unpaired) electrons. The predicted octanol–water partition coefficient (Wildman–Crippen LogP) is 0.542. The summed E-state index contributed by atoms with van der Waals surface area (Å²) in [5.74, 6) is -0.112. The molecule has 0 unspecified atom stereocenters. The zero-order valence-electron chi connectivity index (χ0n) is 12.7. The van der Waals surface area contributed by atoms with Gasteiger partial charge in [-0.25, -0.2) is 8.42 Å². The van der Waals surface area contributed by atoms with E-state index in [1.807, 2.05) is 0 Å². The van der Waals surface area contributed by atoms with Gasteiger partial charge in [0.1, 0.15) is 0 Å². The van der Waals surface area contributed by atoms with Crippen molar-refractivity contribution in [2.45, 2.75) is 11.3 Å². The lowest BCUT2D eigenvalue weighted by molar-refractivity contribution is 0.0766. The van der Waals surface area contributed by atoms with Gasteiger partial charge in [-0.2, -0.15) is 0 Å². The summed E-state index contributed by atoms with van der Waals surface area (Å²) in [5, 5.41) is 3.25. The summed E-state index contributed by atoms with van der Waals surface area (Å²) in [7, 11) is -1.89. The molecule has 0 atom stereocenters. The number of hydrogen-bond donors (Lipinski definition) is 1. The van der Waals surface area contributed by atoms with E-state index in [-0.39, 0.29) is 23.2 Å². The van der Waals surface area contributed by atoms with Crippen molar-refractivity contribution in [1.82, 2.24) is 10.2 Å². The fourth-order valence-corrected chi connectivity index (χ4v) is 3.52. The molecule has 122 valence electrons. The third kappa shape index (κ3) is 4.28. The van der Waals surface area contributed by atoms with Crippen molar-refractivity contribution in [1.29, 1.82) is 0 Å². The van der Waals surface area contributed by atoms with Gasteiger partial charge in [-0.15, -0.1) is 0 Å². The van der Waals surface area contributed by atoms with E-state index in [0.717, 1.165) is 26.1 Å². The van der Waals surface area contributed by atoms with E-state index in [2.05, 4.69) is 5.32 Å². The van der Waals surface area contributed by atoms with Crippen LogP contribution in [0.4, 0.5) is 0 Å². The molecule has 0 aromatic heterocycles. The van der Waals surface area contributed by atoms with Crippen molar-refractivity contribution < 1.29 is 17.9 Å². The van der Waals surface area contributed by atoms with E-state index in [0.29, 0.717) is 12.1 Å². The second-order valence-electron chi connectivity index (χ2n) is 5.23. The van der Waals surface area contributed by atoms with Gasteiger partial charge in [0.2, 0.25) is 0 Å². The van der Waals surface area contributed by atoms with Crippen LogP contribution in [0.3, 0.4) is 0 Å². The fourth-order valence-electron chi connectivity index (χ4n) is 2.35. The van der Waals surface area contributed by atoms with Crippen LogP contribution in [0.2, 0.25) is 0 Å². The summed E-state index contributed by atoms with van der Waals surface area (Å²) in [6.07, 6.45) is 0.926. The number of amides is 1. The first-order chi connectivity index (χ1) is 10.5. The molecule has 22 heavy (non-hydrogen) atoms. The Kier molecular flexibility index (Phi) is 5.93. The summed E-state index contributed by atoms with van der Waals surface area (Å²) >= 11 is 0. The van der Waals surface area contributed by atoms with Crippen LogP contribution in [0.5, 0.6) is 0 Å². The van der Waals surface area contributed by atoms with Gasteiger partial charge in [-0.1, -0.05) is 0 Å². The molecule has 1 amide bonds. The Balaban J connectivity index is 2.09. The largest absolute Gasteiger partial charge is 0.384 e. The van der Waals surface area contributed by atoms with Crippen molar-refractivity contribution in [3.8, 4) is 0 Å². The van der Waals surface area contributed by atoms with E-state index < -0.39 is 9.84 Å². The molecule has 0 saturated carbocycles. The van der Waals surface area contributed by atoms with Crippen LogP contribution in [-0.4, -0.2) is 64.9 Å². The van der Waals surface area contributed by atoms with Gasteiger partial charge in [0.15, 0.2) is 9.84 Å². The molecule has 0 aliphatic carbocycles. The van der Waals surface area contributed by atoms with E-state index in [1.165, 1.54) is 19.2 Å². The molecule has 1 fully saturated rings. The van der Waals surface area contributed by atoms with Gasteiger partial charge in [0.25, 0.3) is 5.91 Å². The molecule has 1 heterocycles. The highest BCUT2D eigenvalue weighted by atomic mass is 32.2. The van der Waals surface area contributed by atoms with Crippen LogP contribution in [-0.2, 0) is 14.6 Å². The Morgan fingerprint density at radius 1 is 1.23 bits per heavy atom. The van der Waals surface area contributed by atoms with Gasteiger partial charge in [0.05, 0.1) is 17.3 Å². The van der Waals surface area contributed by atoms with Crippen LogP contribution in [0.15, 0.2) is 29.2 Å². The van der Waals surface area contributed by atoms with Crippen molar-refractivity contribution >= 4 is 15.7 Å². The van der Waals surface area contributed by atoms with Crippen LogP contribution < -0.4 is 5.32 Å². The van der Waals surface area contributed by atoms with E-state index in [9.17, 15) is 13.2 Å². The molecule has 6 nitrogen and oxygen atoms in total. The van der Waals surface area contributed by atoms with Gasteiger partial charge in [0, 0.05) is 32.3 Å². The lowest BCUT2D eigenvalue weighted by atomic mass is 10.2. The topological polar surface area (TPSA) is 75.7 Å². The molecule has 1 N–H and O–H groups in total. The predicted molar refractivity (Wildman–Crippen MR) is 83.8 cm³/mol. The number of methoxy groups -OCH3 is 1. The monoisotopic (exact) mass is 326 g/mol. The summed E-state index contributed by atoms with van der Waals surface area (Å²) < 4.78 is 28.9. The van der Waals surface area contributed by atoms with E-state index >= 15 is 0 Å². The number of nitrogens with zero attached hydrogens (tertiary/aromatic N) is 1. The minimum absolute atomic E-state index is 0.0514. The maximum atomic E-state index is 12.4. The maximum absolute atomic E-state index is 12.4. The highest BCUT2D eigenvalue weighted by Gasteiger charge is 2.19. The number of benzene rings is 1. The number of rotatable bonds is 5. The Morgan fingerprint density at radius 3 is 2.64 bits per heavy atom. The molecule has 1 aliphatic rings. The number of sulfone groups is 1. The normalized spacial score (nSPS) is 16.3. The highest BCUT2D eigenvalue weighted by Crippen LogP contribution is 2.14. The van der Waals surface area contributed by atoms with E-state index in [1.54, 1.807) is 17.0 Å². The molecule has 1 aromatic carbocycles. The first-order valence-electron chi connectivity index (χ1n) is 7.36. The third-order valence-electron chi connectivity index (χ3n) is 3.64. The second-order valence-corrected chi connectivity index (χ2v) is 7.34. The van der Waals surface area contributed by atoms with Crippen molar-refractivity contribution in [3.05, 3.63) is 29.8 Å². The molecule has 1 aromatic rings. The standard InChI is InChI=1S/C15H22N2O4S/c1-21-11-12-22(19,20)14-5-3-13(4-6-14)15(18)17-9-2-7-16-8-10-17/h3-6,16H,2,7-12H2,1H3. The van der Waals surface area contributed by atoms with Crippen LogP contribution in [0.25, 0.3) is 0 Å². The summed E-state index contributed by atoms with van der Waals surface area (Å²) in [6, 6.07) is 6.16. The number of carbonyl (C=O) groups excluding carboxylic acids is 1. The number of hydrogen-bond acceptors (Lipinski definition) is 5. The smallest absolute Gasteiger partial charge is 0.253 e. The molecular weight excluding hydrogens is 304 g/mol. The average Bonchev–Trinajstić information content (AvgIpc) is 2.81. The Labute approximate surface area is 131 Å². The Bertz CT molecular complexity index is 590. The molecule has 1 aliphatic heterocycles. The zero-order chi connectivity index (χ0) is 16.0.